The van der Waals surface area contributed by atoms with Crippen LogP contribution in [0.25, 0.3) is 11.3 Å². The molecule has 2 aromatic heterocycles. The normalized spacial score (nSPS) is 12.3. The van der Waals surface area contributed by atoms with Gasteiger partial charge in [-0.05, 0) is 48.7 Å². The van der Waals surface area contributed by atoms with Crippen molar-refractivity contribution in [3.8, 4) is 17.3 Å². The molecule has 35 heavy (non-hydrogen) atoms. The molecule has 174 valence electrons. The molecule has 0 spiro atoms. The van der Waals surface area contributed by atoms with Crippen LogP contribution < -0.4 is 10.2 Å². The van der Waals surface area contributed by atoms with Crippen molar-refractivity contribution in [2.75, 3.05) is 16.8 Å². The van der Waals surface area contributed by atoms with Crippen LogP contribution in [-0.4, -0.2) is 32.2 Å². The van der Waals surface area contributed by atoms with Crippen molar-refractivity contribution in [3.05, 3.63) is 82.1 Å². The fourth-order valence-electron chi connectivity index (χ4n) is 4.35. The first kappa shape index (κ1) is 22.6. The van der Waals surface area contributed by atoms with E-state index in [4.69, 9.17) is 11.6 Å². The third-order valence-corrected chi connectivity index (χ3v) is 6.35. The van der Waals surface area contributed by atoms with Gasteiger partial charge < -0.3 is 10.2 Å². The number of carbonyl (C=O) groups excluding carboxylic acids is 1. The number of nitriles is 1. The van der Waals surface area contributed by atoms with Crippen LogP contribution in [-0.2, 0) is 24.7 Å². The average molecular weight is 484 g/mol. The molecule has 1 N–H and O–H groups in total. The van der Waals surface area contributed by atoms with Crippen LogP contribution in [0.15, 0.2) is 54.7 Å². The number of halogens is 1. The predicted molar refractivity (Wildman–Crippen MR) is 135 cm³/mol. The molecule has 0 aliphatic carbocycles. The van der Waals surface area contributed by atoms with E-state index in [1.807, 2.05) is 44.3 Å². The third-order valence-electron chi connectivity index (χ3n) is 5.98. The lowest BCUT2D eigenvalue weighted by Crippen LogP contribution is -2.31. The summed E-state index contributed by atoms with van der Waals surface area (Å²) in [6, 6.07) is 17.1. The molecular weight excluding hydrogens is 462 g/mol. The molecule has 8 nitrogen and oxygen atoms in total. The Balaban J connectivity index is 1.44. The lowest BCUT2D eigenvalue weighted by atomic mass is 10.0. The minimum Gasteiger partial charge on any atom is -0.310 e. The van der Waals surface area contributed by atoms with Gasteiger partial charge in [0.25, 0.3) is 0 Å². The number of nitrogens with one attached hydrogen (secondary N) is 1. The number of aromatic nitrogens is 4. The molecule has 1 aliphatic heterocycles. The molecule has 5 rings (SSSR count). The topological polar surface area (TPSA) is 99.7 Å². The van der Waals surface area contributed by atoms with E-state index >= 15 is 0 Å². The first-order valence-electron chi connectivity index (χ1n) is 11.1. The Bertz CT molecular complexity index is 1490. The molecule has 4 aromatic rings. The van der Waals surface area contributed by atoms with Crippen LogP contribution in [0.5, 0.6) is 0 Å². The average Bonchev–Trinajstić information content (AvgIpc) is 3.42. The van der Waals surface area contributed by atoms with Gasteiger partial charge >= 0.3 is 0 Å². The van der Waals surface area contributed by atoms with Crippen LogP contribution in [0.3, 0.4) is 0 Å². The number of fused-ring (bicyclic) bond motifs is 1. The molecular formula is C26H22ClN7O. The summed E-state index contributed by atoms with van der Waals surface area (Å²) in [6.07, 6.45) is 2.52. The van der Waals surface area contributed by atoms with Crippen molar-refractivity contribution in [1.29, 1.82) is 5.26 Å². The van der Waals surface area contributed by atoms with Gasteiger partial charge in [-0.1, -0.05) is 29.8 Å². The number of amides is 1. The summed E-state index contributed by atoms with van der Waals surface area (Å²) >= 11 is 6.25. The van der Waals surface area contributed by atoms with E-state index in [-0.39, 0.29) is 12.3 Å². The van der Waals surface area contributed by atoms with Gasteiger partial charge in [-0.3, -0.25) is 9.48 Å². The van der Waals surface area contributed by atoms with E-state index in [0.717, 1.165) is 28.2 Å². The minimum absolute atomic E-state index is 0.0823. The number of nitrogens with zero attached hydrogens (tertiary/aromatic N) is 6. The Morgan fingerprint density at radius 3 is 2.80 bits per heavy atom. The molecule has 0 radical (unpaired) electrons. The second-order valence-electron chi connectivity index (χ2n) is 8.39. The lowest BCUT2D eigenvalue weighted by Gasteiger charge is -2.19. The van der Waals surface area contributed by atoms with E-state index in [9.17, 15) is 10.1 Å². The van der Waals surface area contributed by atoms with Gasteiger partial charge in [0.2, 0.25) is 11.9 Å². The first-order valence-corrected chi connectivity index (χ1v) is 11.5. The summed E-state index contributed by atoms with van der Waals surface area (Å²) in [5, 5.41) is 18.0. The maximum absolute atomic E-state index is 13.1. The molecule has 0 fully saturated rings. The maximum Gasteiger partial charge on any atom is 0.231 e. The minimum atomic E-state index is -0.0823. The van der Waals surface area contributed by atoms with Crippen LogP contribution in [0.1, 0.15) is 22.4 Å². The van der Waals surface area contributed by atoms with Crippen molar-refractivity contribution in [3.63, 3.8) is 0 Å². The van der Waals surface area contributed by atoms with Gasteiger partial charge in [0, 0.05) is 36.4 Å². The summed E-state index contributed by atoms with van der Waals surface area (Å²) in [4.78, 5) is 23.8. The highest BCUT2D eigenvalue weighted by Crippen LogP contribution is 2.36. The van der Waals surface area contributed by atoms with Gasteiger partial charge in [0.1, 0.15) is 11.9 Å². The summed E-state index contributed by atoms with van der Waals surface area (Å²) in [5.41, 5.74) is 5.20. The van der Waals surface area contributed by atoms with Crippen LogP contribution in [0.2, 0.25) is 5.02 Å². The monoisotopic (exact) mass is 483 g/mol. The third kappa shape index (κ3) is 4.46. The van der Waals surface area contributed by atoms with E-state index in [2.05, 4.69) is 26.5 Å². The number of carbonyl (C=O) groups is 1. The largest absolute Gasteiger partial charge is 0.310 e. The van der Waals surface area contributed by atoms with E-state index < -0.39 is 0 Å². The highest BCUT2D eigenvalue weighted by Gasteiger charge is 2.29. The predicted octanol–water partition coefficient (Wildman–Crippen LogP) is 4.59. The standard InChI is InChI=1S/C26H22ClN7O/c1-16-11-23(33(2)32-16)31-26-29-9-7-22(30-26)19-12-18-8-10-34(25(18)20(13-19)15-28)24(35)14-17-5-3-4-6-21(17)27/h3-7,9,11-13H,8,10,14H2,1-2H3,(H,29,30,31). The number of anilines is 3. The molecule has 1 aliphatic rings. The van der Waals surface area contributed by atoms with Gasteiger partial charge in [-0.2, -0.15) is 10.4 Å². The Morgan fingerprint density at radius 1 is 1.23 bits per heavy atom. The summed E-state index contributed by atoms with van der Waals surface area (Å²) in [7, 11) is 1.84. The molecule has 2 aromatic carbocycles. The molecule has 0 saturated carbocycles. The summed E-state index contributed by atoms with van der Waals surface area (Å²) in [6.45, 7) is 2.44. The fourth-order valence-corrected chi connectivity index (χ4v) is 4.55. The van der Waals surface area contributed by atoms with Gasteiger partial charge in [-0.25, -0.2) is 9.97 Å². The summed E-state index contributed by atoms with van der Waals surface area (Å²) < 4.78 is 1.72. The van der Waals surface area contributed by atoms with Crippen LogP contribution in [0, 0.1) is 18.3 Å². The van der Waals surface area contributed by atoms with Crippen molar-refractivity contribution < 1.29 is 4.79 Å². The SMILES string of the molecule is Cc1cc(Nc2nccc(-c3cc(C#N)c4c(c3)CCN4C(=O)Cc3ccccc3Cl)n2)n(C)n1. The highest BCUT2D eigenvalue weighted by atomic mass is 35.5. The zero-order valence-corrected chi connectivity index (χ0v) is 20.0. The Kier molecular flexibility index (Phi) is 5.93. The number of benzene rings is 2. The number of hydrogen-bond donors (Lipinski definition) is 1. The van der Waals surface area contributed by atoms with Crippen molar-refractivity contribution >= 4 is 35.0 Å². The Hall–Kier alpha value is -4.22. The van der Waals surface area contributed by atoms with Crippen LogP contribution >= 0.6 is 11.6 Å². The van der Waals surface area contributed by atoms with E-state index in [0.29, 0.717) is 40.9 Å². The van der Waals surface area contributed by atoms with Crippen molar-refractivity contribution in [2.24, 2.45) is 7.05 Å². The second-order valence-corrected chi connectivity index (χ2v) is 8.80. The second kappa shape index (κ2) is 9.20. The summed E-state index contributed by atoms with van der Waals surface area (Å²) in [5.74, 6) is 1.13. The Labute approximate surface area is 207 Å². The Morgan fingerprint density at radius 2 is 2.06 bits per heavy atom. The molecule has 0 bridgehead atoms. The van der Waals surface area contributed by atoms with Gasteiger partial charge in [-0.15, -0.1) is 0 Å². The highest BCUT2D eigenvalue weighted by molar-refractivity contribution is 6.31. The van der Waals surface area contributed by atoms with Crippen LogP contribution in [0.4, 0.5) is 17.5 Å². The lowest BCUT2D eigenvalue weighted by molar-refractivity contribution is -0.117. The maximum atomic E-state index is 13.1. The van der Waals surface area contributed by atoms with Crippen molar-refractivity contribution in [2.45, 2.75) is 19.8 Å². The number of aryl methyl sites for hydroxylation is 2. The van der Waals surface area contributed by atoms with E-state index in [1.165, 1.54) is 0 Å². The zero-order chi connectivity index (χ0) is 24.5. The molecule has 9 heteroatoms. The fraction of sp³-hybridized carbons (Fsp3) is 0.192. The quantitative estimate of drug-likeness (QED) is 0.445. The molecule has 0 saturated heterocycles. The first-order chi connectivity index (χ1) is 16.9. The number of hydrogen-bond acceptors (Lipinski definition) is 6. The van der Waals surface area contributed by atoms with Gasteiger partial charge in [0.15, 0.2) is 0 Å². The van der Waals surface area contributed by atoms with Crippen molar-refractivity contribution in [1.82, 2.24) is 19.7 Å². The molecule has 3 heterocycles. The molecule has 1 amide bonds. The molecule has 0 unspecified atom stereocenters. The number of rotatable bonds is 5. The smallest absolute Gasteiger partial charge is 0.231 e. The zero-order valence-electron chi connectivity index (χ0n) is 19.3. The van der Waals surface area contributed by atoms with E-state index in [1.54, 1.807) is 34.0 Å². The van der Waals surface area contributed by atoms with Gasteiger partial charge in [0.05, 0.1) is 29.1 Å². The molecule has 0 atom stereocenters.